The number of carboxylic acid groups (broad SMARTS) is 1. The molecule has 7 heteroatoms. The van der Waals surface area contributed by atoms with Crippen molar-refractivity contribution in [3.05, 3.63) is 11.6 Å². The Labute approximate surface area is 88.5 Å². The summed E-state index contributed by atoms with van der Waals surface area (Å²) in [7, 11) is 0. The summed E-state index contributed by atoms with van der Waals surface area (Å²) in [5, 5.41) is 14.8. The summed E-state index contributed by atoms with van der Waals surface area (Å²) < 4.78 is 0. The Balaban J connectivity index is 2.20. The van der Waals surface area contributed by atoms with Crippen LogP contribution in [0.4, 0.5) is 5.13 Å². The van der Waals surface area contributed by atoms with Gasteiger partial charge in [0.1, 0.15) is 0 Å². The van der Waals surface area contributed by atoms with E-state index in [0.29, 0.717) is 5.13 Å². The minimum atomic E-state index is -1.17. The quantitative estimate of drug-likeness (QED) is 0.743. The second kappa shape index (κ2) is 5.61. The highest BCUT2D eigenvalue weighted by molar-refractivity contribution is 8.00. The van der Waals surface area contributed by atoms with Crippen LogP contribution < -0.4 is 10.4 Å². The number of nitrogens with one attached hydrogen (secondary N) is 1. The van der Waals surface area contributed by atoms with E-state index >= 15 is 0 Å². The minimum absolute atomic E-state index is 0.0908. The van der Waals surface area contributed by atoms with Crippen LogP contribution >= 0.6 is 23.1 Å². The molecule has 0 unspecified atom stereocenters. The lowest BCUT2D eigenvalue weighted by atomic mass is 10.7. The van der Waals surface area contributed by atoms with E-state index in [1.54, 1.807) is 11.6 Å². The van der Waals surface area contributed by atoms with Gasteiger partial charge in [-0.15, -0.1) is 23.1 Å². The van der Waals surface area contributed by atoms with E-state index in [1.807, 2.05) is 0 Å². The number of carbonyl (C=O) groups excluding carboxylic acids is 2. The minimum Gasteiger partial charge on any atom is -0.549 e. The van der Waals surface area contributed by atoms with Crippen LogP contribution in [0.2, 0.25) is 0 Å². The molecule has 5 nitrogen and oxygen atoms in total. The van der Waals surface area contributed by atoms with E-state index in [1.165, 1.54) is 11.3 Å². The van der Waals surface area contributed by atoms with E-state index in [4.69, 9.17) is 0 Å². The van der Waals surface area contributed by atoms with Gasteiger partial charge in [0.05, 0.1) is 11.7 Å². The van der Waals surface area contributed by atoms with Crippen LogP contribution in [0.1, 0.15) is 0 Å². The molecule has 0 aliphatic heterocycles. The van der Waals surface area contributed by atoms with Crippen molar-refractivity contribution in [3.63, 3.8) is 0 Å². The molecule has 14 heavy (non-hydrogen) atoms. The third-order valence-corrected chi connectivity index (χ3v) is 2.73. The Bertz CT molecular complexity index is 313. The van der Waals surface area contributed by atoms with Gasteiger partial charge in [-0.3, -0.25) is 4.79 Å². The number of nitrogens with zero attached hydrogens (tertiary/aromatic N) is 1. The Morgan fingerprint density at radius 2 is 2.36 bits per heavy atom. The predicted octanol–water partition coefficient (Wildman–Crippen LogP) is -0.435. The molecule has 0 saturated carbocycles. The van der Waals surface area contributed by atoms with Crippen molar-refractivity contribution >= 4 is 40.1 Å². The van der Waals surface area contributed by atoms with E-state index in [0.717, 1.165) is 11.8 Å². The maximum absolute atomic E-state index is 11.1. The number of hydrogen-bond acceptors (Lipinski definition) is 6. The topological polar surface area (TPSA) is 82.1 Å². The summed E-state index contributed by atoms with van der Waals surface area (Å²) in [5.74, 6) is -1.51. The molecular weight excluding hydrogens is 224 g/mol. The number of carboxylic acids is 1. The highest BCUT2D eigenvalue weighted by Crippen LogP contribution is 2.10. The fourth-order valence-electron chi connectivity index (χ4n) is 0.668. The molecule has 0 spiro atoms. The van der Waals surface area contributed by atoms with Crippen molar-refractivity contribution in [2.24, 2.45) is 0 Å². The second-order valence-electron chi connectivity index (χ2n) is 2.25. The van der Waals surface area contributed by atoms with E-state index in [2.05, 4.69) is 10.3 Å². The summed E-state index contributed by atoms with van der Waals surface area (Å²) in [6.07, 6.45) is 1.58. The standard InChI is InChI=1S/C7H8N2O3S2/c10-5(3-13-4-6(11)12)9-7-8-1-2-14-7/h1-2H,3-4H2,(H,11,12)(H,8,9,10)/p-1. The summed E-state index contributed by atoms with van der Waals surface area (Å²) in [5.41, 5.74) is 0. The molecular formula is C7H7N2O3S2-. The maximum Gasteiger partial charge on any atom is 0.236 e. The van der Waals surface area contributed by atoms with Gasteiger partial charge in [-0.25, -0.2) is 4.98 Å². The van der Waals surface area contributed by atoms with Crippen molar-refractivity contribution in [1.29, 1.82) is 0 Å². The summed E-state index contributed by atoms with van der Waals surface area (Å²) >= 11 is 2.30. The Morgan fingerprint density at radius 3 is 2.93 bits per heavy atom. The summed E-state index contributed by atoms with van der Waals surface area (Å²) in [6.45, 7) is 0. The van der Waals surface area contributed by atoms with Crippen molar-refractivity contribution in [2.75, 3.05) is 16.8 Å². The van der Waals surface area contributed by atoms with Crippen molar-refractivity contribution in [3.8, 4) is 0 Å². The molecule has 1 rings (SSSR count). The van der Waals surface area contributed by atoms with Gasteiger partial charge < -0.3 is 15.2 Å². The van der Waals surface area contributed by atoms with Gasteiger partial charge in [-0.05, 0) is 0 Å². The molecule has 1 heterocycles. The molecule has 1 N–H and O–H groups in total. The molecule has 0 aliphatic carbocycles. The van der Waals surface area contributed by atoms with Crippen molar-refractivity contribution in [2.45, 2.75) is 0 Å². The van der Waals surface area contributed by atoms with Crippen LogP contribution in [0.5, 0.6) is 0 Å². The largest absolute Gasteiger partial charge is 0.549 e. The third kappa shape index (κ3) is 4.24. The number of thiazole rings is 1. The average molecular weight is 231 g/mol. The van der Waals surface area contributed by atoms with Gasteiger partial charge in [-0.2, -0.15) is 0 Å². The number of aliphatic carboxylic acids is 1. The van der Waals surface area contributed by atoms with Gasteiger partial charge in [0.2, 0.25) is 5.91 Å². The van der Waals surface area contributed by atoms with Gasteiger partial charge in [0, 0.05) is 17.3 Å². The molecule has 1 aromatic rings. The Hall–Kier alpha value is -1.08. The zero-order valence-electron chi connectivity index (χ0n) is 7.06. The van der Waals surface area contributed by atoms with Crippen LogP contribution in [0.3, 0.4) is 0 Å². The first-order valence-electron chi connectivity index (χ1n) is 3.65. The zero-order chi connectivity index (χ0) is 10.4. The molecule has 1 aromatic heterocycles. The number of hydrogen-bond donors (Lipinski definition) is 1. The average Bonchev–Trinajstić information content (AvgIpc) is 2.56. The zero-order valence-corrected chi connectivity index (χ0v) is 8.69. The number of anilines is 1. The van der Waals surface area contributed by atoms with Crippen LogP contribution in [-0.2, 0) is 9.59 Å². The lowest BCUT2D eigenvalue weighted by Gasteiger charge is -2.02. The van der Waals surface area contributed by atoms with E-state index in [-0.39, 0.29) is 17.4 Å². The number of thioether (sulfide) groups is 1. The van der Waals surface area contributed by atoms with E-state index < -0.39 is 5.97 Å². The molecule has 76 valence electrons. The van der Waals surface area contributed by atoms with Crippen LogP contribution in [0.15, 0.2) is 11.6 Å². The number of carbonyl (C=O) groups is 2. The Kier molecular flexibility index (Phi) is 4.41. The van der Waals surface area contributed by atoms with Crippen LogP contribution in [0.25, 0.3) is 0 Å². The third-order valence-electron chi connectivity index (χ3n) is 1.13. The Morgan fingerprint density at radius 1 is 1.57 bits per heavy atom. The second-order valence-corrected chi connectivity index (χ2v) is 4.13. The van der Waals surface area contributed by atoms with Crippen molar-refractivity contribution < 1.29 is 14.7 Å². The van der Waals surface area contributed by atoms with Crippen LogP contribution in [0, 0.1) is 0 Å². The molecule has 0 saturated heterocycles. The number of rotatable bonds is 5. The molecule has 0 aliphatic rings. The molecule has 1 amide bonds. The molecule has 0 bridgehead atoms. The fourth-order valence-corrected chi connectivity index (χ4v) is 1.74. The van der Waals surface area contributed by atoms with Gasteiger partial charge >= 0.3 is 0 Å². The fraction of sp³-hybridized carbons (Fsp3) is 0.286. The summed E-state index contributed by atoms with van der Waals surface area (Å²) in [6, 6.07) is 0. The number of amides is 1. The van der Waals surface area contributed by atoms with Gasteiger partial charge in [0.25, 0.3) is 0 Å². The summed E-state index contributed by atoms with van der Waals surface area (Å²) in [4.78, 5) is 25.0. The first-order chi connectivity index (χ1) is 6.68. The van der Waals surface area contributed by atoms with Gasteiger partial charge in [0.15, 0.2) is 5.13 Å². The van der Waals surface area contributed by atoms with E-state index in [9.17, 15) is 14.7 Å². The molecule has 0 atom stereocenters. The monoisotopic (exact) mass is 231 g/mol. The lowest BCUT2D eigenvalue weighted by Crippen LogP contribution is -2.25. The first-order valence-corrected chi connectivity index (χ1v) is 5.69. The molecule has 0 radical (unpaired) electrons. The van der Waals surface area contributed by atoms with Crippen LogP contribution in [-0.4, -0.2) is 28.4 Å². The highest BCUT2D eigenvalue weighted by atomic mass is 32.2. The maximum atomic E-state index is 11.1. The van der Waals surface area contributed by atoms with Gasteiger partial charge in [-0.1, -0.05) is 0 Å². The SMILES string of the molecule is O=C([O-])CSCC(=O)Nc1nccs1. The molecule has 0 fully saturated rings. The first kappa shape index (κ1) is 11.0. The lowest BCUT2D eigenvalue weighted by molar-refractivity contribution is -0.301. The molecule has 0 aromatic carbocycles. The predicted molar refractivity (Wildman–Crippen MR) is 53.1 cm³/mol. The number of aromatic nitrogens is 1. The van der Waals surface area contributed by atoms with Crippen molar-refractivity contribution in [1.82, 2.24) is 4.98 Å². The normalized spacial score (nSPS) is 9.71. The highest BCUT2D eigenvalue weighted by Gasteiger charge is 2.03. The smallest absolute Gasteiger partial charge is 0.236 e.